The van der Waals surface area contributed by atoms with E-state index in [1.807, 2.05) is 9.80 Å². The van der Waals surface area contributed by atoms with Crippen molar-refractivity contribution in [2.45, 2.75) is 77.4 Å². The molecular weight excluding hydrogens is 340 g/mol. The summed E-state index contributed by atoms with van der Waals surface area (Å²) < 4.78 is 5.70. The third kappa shape index (κ3) is 4.63. The van der Waals surface area contributed by atoms with E-state index >= 15 is 0 Å². The molecular formula is C22H32N2O3. The third-order valence-corrected chi connectivity index (χ3v) is 6.01. The van der Waals surface area contributed by atoms with Gasteiger partial charge in [0.15, 0.2) is 6.61 Å². The van der Waals surface area contributed by atoms with Crippen LogP contribution in [0.1, 0.15) is 69.7 Å². The number of carbonyl (C=O) groups excluding carboxylic acids is 2. The van der Waals surface area contributed by atoms with Gasteiger partial charge >= 0.3 is 0 Å². The van der Waals surface area contributed by atoms with Crippen LogP contribution in [0.25, 0.3) is 0 Å². The highest BCUT2D eigenvalue weighted by Crippen LogP contribution is 2.23. The van der Waals surface area contributed by atoms with Gasteiger partial charge in [-0.25, -0.2) is 0 Å². The molecule has 2 amide bonds. The summed E-state index contributed by atoms with van der Waals surface area (Å²) in [5, 5.41) is 0. The molecule has 3 atom stereocenters. The minimum Gasteiger partial charge on any atom is -0.484 e. The van der Waals surface area contributed by atoms with Crippen molar-refractivity contribution in [3.05, 3.63) is 29.8 Å². The predicted molar refractivity (Wildman–Crippen MR) is 106 cm³/mol. The van der Waals surface area contributed by atoms with Gasteiger partial charge in [-0.1, -0.05) is 0 Å². The Kier molecular flexibility index (Phi) is 6.40. The van der Waals surface area contributed by atoms with Gasteiger partial charge in [0, 0.05) is 30.2 Å². The number of benzene rings is 1. The Morgan fingerprint density at radius 2 is 1.56 bits per heavy atom. The zero-order chi connectivity index (χ0) is 19.4. The Morgan fingerprint density at radius 3 is 2.19 bits per heavy atom. The molecule has 0 radical (unpaired) electrons. The lowest BCUT2D eigenvalue weighted by Gasteiger charge is -2.39. The van der Waals surface area contributed by atoms with E-state index in [2.05, 4.69) is 20.8 Å². The van der Waals surface area contributed by atoms with Crippen LogP contribution in [0.5, 0.6) is 5.75 Å². The van der Waals surface area contributed by atoms with Crippen molar-refractivity contribution < 1.29 is 14.3 Å². The maximum atomic E-state index is 12.7. The molecule has 5 nitrogen and oxygen atoms in total. The zero-order valence-electron chi connectivity index (χ0n) is 16.8. The second-order valence-corrected chi connectivity index (χ2v) is 8.09. The number of hydrogen-bond acceptors (Lipinski definition) is 3. The van der Waals surface area contributed by atoms with Gasteiger partial charge in [0.2, 0.25) is 0 Å². The van der Waals surface area contributed by atoms with Crippen LogP contribution in [0.2, 0.25) is 0 Å². The Hall–Kier alpha value is -2.04. The second kappa shape index (κ2) is 8.77. The lowest BCUT2D eigenvalue weighted by molar-refractivity contribution is -0.139. The van der Waals surface area contributed by atoms with E-state index in [1.54, 1.807) is 24.3 Å². The second-order valence-electron chi connectivity index (χ2n) is 8.09. The maximum absolute atomic E-state index is 12.7. The molecule has 0 aromatic heterocycles. The van der Waals surface area contributed by atoms with Crippen molar-refractivity contribution >= 4 is 11.8 Å². The van der Waals surface area contributed by atoms with Gasteiger partial charge in [0.05, 0.1) is 0 Å². The van der Waals surface area contributed by atoms with Gasteiger partial charge in [-0.3, -0.25) is 9.59 Å². The average Bonchev–Trinajstić information content (AvgIpc) is 2.66. The Bertz CT molecular complexity index is 648. The minimum absolute atomic E-state index is 0.0389. The van der Waals surface area contributed by atoms with E-state index in [0.29, 0.717) is 17.4 Å². The van der Waals surface area contributed by atoms with Gasteiger partial charge in [0.1, 0.15) is 5.75 Å². The number of nitrogens with zero attached hydrogens (tertiary/aromatic N) is 2. The highest BCUT2D eigenvalue weighted by molar-refractivity contribution is 5.94. The summed E-state index contributed by atoms with van der Waals surface area (Å²) >= 11 is 0. The van der Waals surface area contributed by atoms with Gasteiger partial charge in [0.25, 0.3) is 11.8 Å². The molecule has 2 aliphatic heterocycles. The number of likely N-dealkylation sites (tertiary alicyclic amines) is 2. The fraction of sp³-hybridized carbons (Fsp3) is 0.636. The third-order valence-electron chi connectivity index (χ3n) is 6.01. The minimum atomic E-state index is 0.0389. The van der Waals surface area contributed by atoms with E-state index in [0.717, 1.165) is 32.2 Å². The number of carbonyl (C=O) groups is 2. The SMILES string of the molecule is CC1CCCCN1C(=O)c1ccc(OCC(=O)N2C(C)CCCC2C)cc1. The summed E-state index contributed by atoms with van der Waals surface area (Å²) in [6.45, 7) is 7.21. The van der Waals surface area contributed by atoms with E-state index in [4.69, 9.17) is 4.74 Å². The maximum Gasteiger partial charge on any atom is 0.260 e. The number of rotatable bonds is 4. The Morgan fingerprint density at radius 1 is 0.926 bits per heavy atom. The standard InChI is InChI=1S/C22H32N2O3/c1-16-7-4-5-14-23(16)22(26)19-10-12-20(13-11-19)27-15-21(25)24-17(2)8-6-9-18(24)3/h10-13,16-18H,4-9,14-15H2,1-3H3. The molecule has 27 heavy (non-hydrogen) atoms. The first-order chi connectivity index (χ1) is 13.0. The first-order valence-corrected chi connectivity index (χ1v) is 10.3. The van der Waals surface area contributed by atoms with Gasteiger partial charge < -0.3 is 14.5 Å². The quantitative estimate of drug-likeness (QED) is 0.806. The van der Waals surface area contributed by atoms with Crippen molar-refractivity contribution in [1.82, 2.24) is 9.80 Å². The summed E-state index contributed by atoms with van der Waals surface area (Å²) in [4.78, 5) is 29.2. The van der Waals surface area contributed by atoms with Crippen LogP contribution in [0.4, 0.5) is 0 Å². The molecule has 1 aromatic rings. The molecule has 2 fully saturated rings. The summed E-state index contributed by atoms with van der Waals surface area (Å²) in [6.07, 6.45) is 6.64. The van der Waals surface area contributed by atoms with Crippen molar-refractivity contribution in [1.29, 1.82) is 0 Å². The molecule has 0 N–H and O–H groups in total. The largest absolute Gasteiger partial charge is 0.484 e. The van der Waals surface area contributed by atoms with Crippen LogP contribution >= 0.6 is 0 Å². The van der Waals surface area contributed by atoms with E-state index in [-0.39, 0.29) is 30.5 Å². The number of hydrogen-bond donors (Lipinski definition) is 0. The first kappa shape index (κ1) is 19.7. The highest BCUT2D eigenvalue weighted by Gasteiger charge is 2.29. The zero-order valence-corrected chi connectivity index (χ0v) is 16.8. The summed E-state index contributed by atoms with van der Waals surface area (Å²) in [5.41, 5.74) is 0.681. The topological polar surface area (TPSA) is 49.9 Å². The Balaban J connectivity index is 1.56. The van der Waals surface area contributed by atoms with Crippen LogP contribution in [0.3, 0.4) is 0 Å². The molecule has 0 aliphatic carbocycles. The van der Waals surface area contributed by atoms with Crippen LogP contribution in [0, 0.1) is 0 Å². The lowest BCUT2D eigenvalue weighted by Crippen LogP contribution is -2.49. The van der Waals surface area contributed by atoms with Crippen LogP contribution < -0.4 is 4.74 Å². The normalized spacial score (nSPS) is 26.0. The molecule has 3 rings (SSSR count). The molecule has 2 saturated heterocycles. The highest BCUT2D eigenvalue weighted by atomic mass is 16.5. The van der Waals surface area contributed by atoms with Gasteiger partial charge in [-0.2, -0.15) is 0 Å². The van der Waals surface area contributed by atoms with Crippen LogP contribution in [-0.4, -0.2) is 52.9 Å². The van der Waals surface area contributed by atoms with Crippen molar-refractivity contribution in [3.63, 3.8) is 0 Å². The number of ether oxygens (including phenoxy) is 1. The number of piperidine rings is 2. The van der Waals surface area contributed by atoms with Crippen molar-refractivity contribution in [2.24, 2.45) is 0 Å². The van der Waals surface area contributed by atoms with E-state index in [1.165, 1.54) is 12.8 Å². The van der Waals surface area contributed by atoms with Crippen LogP contribution in [-0.2, 0) is 4.79 Å². The summed E-state index contributed by atoms with van der Waals surface area (Å²) in [7, 11) is 0. The van der Waals surface area contributed by atoms with E-state index < -0.39 is 0 Å². The summed E-state index contributed by atoms with van der Waals surface area (Å²) in [5.74, 6) is 0.752. The molecule has 3 unspecified atom stereocenters. The first-order valence-electron chi connectivity index (χ1n) is 10.3. The molecule has 1 aromatic carbocycles. The predicted octanol–water partition coefficient (Wildman–Crippen LogP) is 3.87. The molecule has 2 heterocycles. The fourth-order valence-corrected chi connectivity index (χ4v) is 4.39. The van der Waals surface area contributed by atoms with Crippen molar-refractivity contribution in [3.8, 4) is 5.75 Å². The van der Waals surface area contributed by atoms with Crippen LogP contribution in [0.15, 0.2) is 24.3 Å². The van der Waals surface area contributed by atoms with Gasteiger partial charge in [-0.05, 0) is 83.6 Å². The molecule has 0 bridgehead atoms. The van der Waals surface area contributed by atoms with Gasteiger partial charge in [-0.15, -0.1) is 0 Å². The Labute approximate surface area is 162 Å². The van der Waals surface area contributed by atoms with Crippen molar-refractivity contribution in [2.75, 3.05) is 13.2 Å². The van der Waals surface area contributed by atoms with E-state index in [9.17, 15) is 9.59 Å². The summed E-state index contributed by atoms with van der Waals surface area (Å²) in [6, 6.07) is 8.03. The monoisotopic (exact) mass is 372 g/mol. The molecule has 2 aliphatic rings. The molecule has 0 spiro atoms. The lowest BCUT2D eigenvalue weighted by atomic mass is 9.97. The molecule has 0 saturated carbocycles. The fourth-order valence-electron chi connectivity index (χ4n) is 4.39. The molecule has 148 valence electrons. The average molecular weight is 373 g/mol. The smallest absolute Gasteiger partial charge is 0.260 e. The number of amides is 2. The molecule has 5 heteroatoms.